The highest BCUT2D eigenvalue weighted by Gasteiger charge is 2.30. The summed E-state index contributed by atoms with van der Waals surface area (Å²) in [5.41, 5.74) is 0.0658. The molecule has 0 radical (unpaired) electrons. The van der Waals surface area contributed by atoms with Gasteiger partial charge in [0.2, 0.25) is 15.9 Å². The van der Waals surface area contributed by atoms with Crippen molar-refractivity contribution in [3.63, 3.8) is 0 Å². The van der Waals surface area contributed by atoms with Gasteiger partial charge in [-0.25, -0.2) is 21.6 Å². The van der Waals surface area contributed by atoms with E-state index in [4.69, 9.17) is 11.6 Å². The van der Waals surface area contributed by atoms with E-state index in [0.717, 1.165) is 24.3 Å². The fraction of sp³-hybridized carbons (Fsp3) is 0.188. The SMILES string of the molecule is O=C(CS(=O)(=O)c1ccc(Cl)cc1)Nc1ccc(S(=O)(=O)NCC(F)(F)F)cc1. The Hall–Kier alpha value is -2.15. The van der Waals surface area contributed by atoms with Gasteiger partial charge in [0.1, 0.15) is 12.3 Å². The van der Waals surface area contributed by atoms with Crippen molar-refractivity contribution < 1.29 is 34.8 Å². The molecule has 2 aromatic carbocycles. The second kappa shape index (κ2) is 8.69. The molecule has 2 aromatic rings. The van der Waals surface area contributed by atoms with E-state index >= 15 is 0 Å². The molecule has 29 heavy (non-hydrogen) atoms. The van der Waals surface area contributed by atoms with Crippen LogP contribution in [0.25, 0.3) is 0 Å². The van der Waals surface area contributed by atoms with Crippen molar-refractivity contribution >= 4 is 43.1 Å². The van der Waals surface area contributed by atoms with E-state index in [-0.39, 0.29) is 10.6 Å². The van der Waals surface area contributed by atoms with Crippen molar-refractivity contribution in [3.8, 4) is 0 Å². The van der Waals surface area contributed by atoms with Crippen molar-refractivity contribution in [2.75, 3.05) is 17.6 Å². The molecule has 0 atom stereocenters. The summed E-state index contributed by atoms with van der Waals surface area (Å²) in [6, 6.07) is 9.40. The molecule has 2 rings (SSSR count). The Labute approximate surface area is 169 Å². The molecule has 0 heterocycles. The molecule has 0 spiro atoms. The quantitative estimate of drug-likeness (QED) is 0.646. The van der Waals surface area contributed by atoms with E-state index in [9.17, 15) is 34.8 Å². The van der Waals surface area contributed by atoms with Gasteiger partial charge in [-0.1, -0.05) is 11.6 Å². The van der Waals surface area contributed by atoms with Crippen LogP contribution in [0.1, 0.15) is 0 Å². The van der Waals surface area contributed by atoms with Crippen LogP contribution in [0.5, 0.6) is 0 Å². The van der Waals surface area contributed by atoms with Gasteiger partial charge in [0, 0.05) is 10.7 Å². The minimum Gasteiger partial charge on any atom is -0.325 e. The van der Waals surface area contributed by atoms with Crippen LogP contribution in [0.3, 0.4) is 0 Å². The van der Waals surface area contributed by atoms with E-state index in [1.807, 2.05) is 0 Å². The van der Waals surface area contributed by atoms with Crippen LogP contribution in [0.2, 0.25) is 5.02 Å². The molecule has 0 bridgehead atoms. The van der Waals surface area contributed by atoms with Gasteiger partial charge in [-0.3, -0.25) is 4.79 Å². The lowest BCUT2D eigenvalue weighted by molar-refractivity contribution is -0.121. The predicted octanol–water partition coefficient (Wildman–Crippen LogP) is 2.59. The van der Waals surface area contributed by atoms with E-state index in [0.29, 0.717) is 5.02 Å². The highest BCUT2D eigenvalue weighted by molar-refractivity contribution is 7.92. The summed E-state index contributed by atoms with van der Waals surface area (Å²) >= 11 is 5.68. The van der Waals surface area contributed by atoms with E-state index in [1.165, 1.54) is 29.0 Å². The number of hydrogen-bond donors (Lipinski definition) is 2. The normalized spacial score (nSPS) is 12.6. The number of sulfonamides is 1. The maximum atomic E-state index is 12.2. The first kappa shape index (κ1) is 23.1. The van der Waals surface area contributed by atoms with Crippen LogP contribution >= 0.6 is 11.6 Å². The molecule has 0 aliphatic rings. The lowest BCUT2D eigenvalue weighted by Crippen LogP contribution is -2.33. The van der Waals surface area contributed by atoms with E-state index < -0.39 is 49.1 Å². The Morgan fingerprint density at radius 1 is 0.897 bits per heavy atom. The number of carbonyl (C=O) groups excluding carboxylic acids is 1. The maximum absolute atomic E-state index is 12.2. The van der Waals surface area contributed by atoms with Gasteiger partial charge in [0.05, 0.1) is 9.79 Å². The molecule has 0 aliphatic heterocycles. The summed E-state index contributed by atoms with van der Waals surface area (Å²) in [4.78, 5) is 11.4. The second-order valence-corrected chi connectivity index (χ2v) is 9.92. The average Bonchev–Trinajstić information content (AvgIpc) is 2.60. The van der Waals surface area contributed by atoms with Crippen LogP contribution in [-0.4, -0.2) is 41.2 Å². The monoisotopic (exact) mass is 470 g/mol. The molecule has 0 saturated carbocycles. The molecule has 0 unspecified atom stereocenters. The Balaban J connectivity index is 2.04. The molecule has 7 nitrogen and oxygen atoms in total. The minimum absolute atomic E-state index is 0.0658. The van der Waals surface area contributed by atoms with Crippen molar-refractivity contribution in [2.24, 2.45) is 0 Å². The van der Waals surface area contributed by atoms with Crippen LogP contribution in [0, 0.1) is 0 Å². The minimum atomic E-state index is -4.71. The van der Waals surface area contributed by atoms with Crippen LogP contribution in [0.4, 0.5) is 18.9 Å². The molecular formula is C16H14ClF3N2O5S2. The molecule has 0 saturated heterocycles. The number of rotatable bonds is 7. The third-order valence-corrected chi connectivity index (χ3v) is 6.71. The predicted molar refractivity (Wildman–Crippen MR) is 99.8 cm³/mol. The topological polar surface area (TPSA) is 109 Å². The Kier molecular flexibility index (Phi) is 6.93. The van der Waals surface area contributed by atoms with Crippen molar-refractivity contribution in [2.45, 2.75) is 16.0 Å². The van der Waals surface area contributed by atoms with Gasteiger partial charge in [-0.2, -0.15) is 13.2 Å². The summed E-state index contributed by atoms with van der Waals surface area (Å²) in [6.07, 6.45) is -4.71. The van der Waals surface area contributed by atoms with E-state index in [1.54, 1.807) is 0 Å². The molecular weight excluding hydrogens is 457 g/mol. The number of benzene rings is 2. The van der Waals surface area contributed by atoms with Crippen LogP contribution in [0.15, 0.2) is 58.3 Å². The number of sulfone groups is 1. The largest absolute Gasteiger partial charge is 0.402 e. The maximum Gasteiger partial charge on any atom is 0.402 e. The lowest BCUT2D eigenvalue weighted by Gasteiger charge is -2.10. The first-order valence-electron chi connectivity index (χ1n) is 7.73. The van der Waals surface area contributed by atoms with Gasteiger partial charge >= 0.3 is 6.18 Å². The van der Waals surface area contributed by atoms with Crippen molar-refractivity contribution in [3.05, 3.63) is 53.6 Å². The van der Waals surface area contributed by atoms with Gasteiger partial charge in [-0.15, -0.1) is 0 Å². The Morgan fingerprint density at radius 2 is 1.41 bits per heavy atom. The molecule has 0 aliphatic carbocycles. The van der Waals surface area contributed by atoms with Gasteiger partial charge < -0.3 is 5.32 Å². The summed E-state index contributed by atoms with van der Waals surface area (Å²) < 4.78 is 85.9. The molecule has 2 N–H and O–H groups in total. The highest BCUT2D eigenvalue weighted by Crippen LogP contribution is 2.18. The third kappa shape index (κ3) is 6.99. The van der Waals surface area contributed by atoms with Crippen LogP contribution < -0.4 is 10.0 Å². The lowest BCUT2D eigenvalue weighted by atomic mass is 10.3. The zero-order chi connectivity index (χ0) is 21.9. The zero-order valence-corrected chi connectivity index (χ0v) is 16.8. The fourth-order valence-electron chi connectivity index (χ4n) is 2.07. The van der Waals surface area contributed by atoms with E-state index in [2.05, 4.69) is 5.32 Å². The first-order valence-corrected chi connectivity index (χ1v) is 11.2. The standard InChI is InChI=1S/C16H14ClF3N2O5S2/c17-11-1-5-13(6-2-11)28(24,25)9-15(23)22-12-3-7-14(8-4-12)29(26,27)21-10-16(18,19)20/h1-8,21H,9-10H2,(H,22,23). The summed E-state index contributed by atoms with van der Waals surface area (Å²) in [7, 11) is -8.33. The number of amides is 1. The first-order chi connectivity index (χ1) is 13.3. The second-order valence-electron chi connectivity index (χ2n) is 5.73. The Morgan fingerprint density at radius 3 is 1.93 bits per heavy atom. The molecule has 158 valence electrons. The summed E-state index contributed by atoms with van der Waals surface area (Å²) in [6.45, 7) is -1.73. The third-order valence-electron chi connectivity index (χ3n) is 3.40. The van der Waals surface area contributed by atoms with Gasteiger partial charge in [0.25, 0.3) is 0 Å². The highest BCUT2D eigenvalue weighted by atomic mass is 35.5. The number of halogens is 4. The summed E-state index contributed by atoms with van der Waals surface area (Å²) in [5.74, 6) is -1.76. The fourth-order valence-corrected chi connectivity index (χ4v) is 4.35. The number of alkyl halides is 3. The van der Waals surface area contributed by atoms with Crippen molar-refractivity contribution in [1.29, 1.82) is 0 Å². The van der Waals surface area contributed by atoms with Gasteiger partial charge in [0.15, 0.2) is 9.84 Å². The Bertz CT molecular complexity index is 1080. The molecule has 0 aromatic heterocycles. The molecule has 0 fully saturated rings. The number of nitrogens with one attached hydrogen (secondary N) is 2. The van der Waals surface area contributed by atoms with Crippen molar-refractivity contribution in [1.82, 2.24) is 4.72 Å². The number of anilines is 1. The number of carbonyl (C=O) groups is 1. The zero-order valence-electron chi connectivity index (χ0n) is 14.4. The average molecular weight is 471 g/mol. The summed E-state index contributed by atoms with van der Waals surface area (Å²) in [5, 5.41) is 2.60. The van der Waals surface area contributed by atoms with Crippen LogP contribution in [-0.2, 0) is 24.7 Å². The smallest absolute Gasteiger partial charge is 0.325 e. The molecule has 13 heteroatoms. The molecule has 1 amide bonds. The number of hydrogen-bond acceptors (Lipinski definition) is 5. The van der Waals surface area contributed by atoms with Gasteiger partial charge in [-0.05, 0) is 48.5 Å².